The number of carbonyl (C=O) groups is 1. The van der Waals surface area contributed by atoms with Crippen molar-refractivity contribution in [2.45, 2.75) is 31.5 Å². The fourth-order valence-electron chi connectivity index (χ4n) is 2.60. The molecule has 0 aliphatic carbocycles. The molecule has 4 nitrogen and oxygen atoms in total. The first-order valence-electron chi connectivity index (χ1n) is 7.04. The molecule has 8 heteroatoms. The molecule has 0 unspecified atom stereocenters. The maximum absolute atomic E-state index is 12.9. The van der Waals surface area contributed by atoms with Crippen LogP contribution in [0, 0.1) is 6.92 Å². The van der Waals surface area contributed by atoms with E-state index in [0.29, 0.717) is 25.9 Å². The van der Waals surface area contributed by atoms with Crippen LogP contribution in [0.5, 0.6) is 0 Å². The van der Waals surface area contributed by atoms with Crippen LogP contribution in [0.2, 0.25) is 0 Å². The Hall–Kier alpha value is -1.31. The van der Waals surface area contributed by atoms with Crippen molar-refractivity contribution in [1.82, 2.24) is 5.32 Å². The van der Waals surface area contributed by atoms with Gasteiger partial charge in [-0.3, -0.25) is 4.79 Å². The van der Waals surface area contributed by atoms with E-state index in [0.717, 1.165) is 6.07 Å². The molecule has 1 heterocycles. The lowest BCUT2D eigenvalue weighted by Crippen LogP contribution is -2.51. The Balaban J connectivity index is 0.00000264. The third-order valence-electron chi connectivity index (χ3n) is 4.02. The number of rotatable bonds is 3. The first-order valence-corrected chi connectivity index (χ1v) is 7.04. The van der Waals surface area contributed by atoms with Crippen molar-refractivity contribution < 1.29 is 22.7 Å². The number of anilines is 1. The van der Waals surface area contributed by atoms with E-state index in [-0.39, 0.29) is 23.7 Å². The summed E-state index contributed by atoms with van der Waals surface area (Å²) in [5.41, 5.74) is -1.50. The molecule has 23 heavy (non-hydrogen) atoms. The van der Waals surface area contributed by atoms with Crippen molar-refractivity contribution in [2.75, 3.05) is 25.5 Å². The summed E-state index contributed by atoms with van der Waals surface area (Å²) in [5.74, 6) is -0.409. The van der Waals surface area contributed by atoms with Crippen LogP contribution in [0.4, 0.5) is 18.9 Å². The normalized spacial score (nSPS) is 17.3. The van der Waals surface area contributed by atoms with E-state index in [2.05, 4.69) is 10.6 Å². The summed E-state index contributed by atoms with van der Waals surface area (Å²) in [5, 5.41) is 5.67. The molecule has 0 atom stereocenters. The van der Waals surface area contributed by atoms with Crippen molar-refractivity contribution >= 4 is 24.0 Å². The average Bonchev–Trinajstić information content (AvgIpc) is 2.48. The number of nitrogens with one attached hydrogen (secondary N) is 2. The molecular weight excluding hydrogens is 333 g/mol. The lowest BCUT2D eigenvalue weighted by Gasteiger charge is -2.34. The van der Waals surface area contributed by atoms with E-state index in [1.54, 1.807) is 0 Å². The molecular formula is C15H20ClF3N2O2. The zero-order valence-electron chi connectivity index (χ0n) is 12.9. The number of piperidine rings is 1. The Morgan fingerprint density at radius 1 is 1.30 bits per heavy atom. The van der Waals surface area contributed by atoms with E-state index in [1.165, 1.54) is 26.2 Å². The summed E-state index contributed by atoms with van der Waals surface area (Å²) in [7, 11) is 1.45. The molecule has 1 saturated heterocycles. The molecule has 0 aromatic heterocycles. The summed E-state index contributed by atoms with van der Waals surface area (Å²) in [4.78, 5) is 12.4. The Morgan fingerprint density at radius 2 is 1.91 bits per heavy atom. The monoisotopic (exact) mass is 352 g/mol. The van der Waals surface area contributed by atoms with Crippen molar-refractivity contribution in [3.05, 3.63) is 29.3 Å². The van der Waals surface area contributed by atoms with Gasteiger partial charge in [-0.05, 0) is 50.6 Å². The largest absolute Gasteiger partial charge is 0.416 e. The topological polar surface area (TPSA) is 50.4 Å². The highest BCUT2D eigenvalue weighted by Gasteiger charge is 2.40. The van der Waals surface area contributed by atoms with Crippen LogP contribution >= 0.6 is 12.4 Å². The molecule has 1 aromatic carbocycles. The summed E-state index contributed by atoms with van der Waals surface area (Å²) < 4.78 is 44.1. The Kier molecular flexibility index (Phi) is 6.44. The molecule has 0 radical (unpaired) electrons. The lowest BCUT2D eigenvalue weighted by atomic mass is 9.91. The molecule has 130 valence electrons. The second kappa shape index (κ2) is 7.51. The second-order valence-corrected chi connectivity index (χ2v) is 5.43. The predicted molar refractivity (Wildman–Crippen MR) is 83.9 cm³/mol. The maximum Gasteiger partial charge on any atom is 0.416 e. The van der Waals surface area contributed by atoms with Gasteiger partial charge in [0.15, 0.2) is 0 Å². The van der Waals surface area contributed by atoms with Gasteiger partial charge >= 0.3 is 6.18 Å². The highest BCUT2D eigenvalue weighted by molar-refractivity contribution is 5.97. The number of aryl methyl sites for hydroxylation is 1. The minimum Gasteiger partial charge on any atom is -0.368 e. The number of benzene rings is 1. The van der Waals surface area contributed by atoms with Gasteiger partial charge in [0.25, 0.3) is 5.91 Å². The number of hydrogen-bond acceptors (Lipinski definition) is 3. The minimum absolute atomic E-state index is 0. The summed E-state index contributed by atoms with van der Waals surface area (Å²) in [6.07, 6.45) is -3.49. The van der Waals surface area contributed by atoms with Crippen molar-refractivity contribution in [1.29, 1.82) is 0 Å². The number of methoxy groups -OCH3 is 1. The maximum atomic E-state index is 12.9. The van der Waals surface area contributed by atoms with Gasteiger partial charge < -0.3 is 15.4 Å². The zero-order valence-corrected chi connectivity index (χ0v) is 13.7. The van der Waals surface area contributed by atoms with E-state index >= 15 is 0 Å². The van der Waals surface area contributed by atoms with Crippen LogP contribution in [0.25, 0.3) is 0 Å². The van der Waals surface area contributed by atoms with Crippen LogP contribution in [0.15, 0.2) is 18.2 Å². The zero-order chi connectivity index (χ0) is 16.4. The van der Waals surface area contributed by atoms with Crippen molar-refractivity contribution in [3.8, 4) is 0 Å². The highest BCUT2D eigenvalue weighted by atomic mass is 35.5. The highest BCUT2D eigenvalue weighted by Crippen LogP contribution is 2.34. The van der Waals surface area contributed by atoms with Crippen LogP contribution < -0.4 is 10.6 Å². The lowest BCUT2D eigenvalue weighted by molar-refractivity contribution is -0.141. The minimum atomic E-state index is -4.45. The van der Waals surface area contributed by atoms with E-state index in [1.807, 2.05) is 0 Å². The molecule has 1 fully saturated rings. The average molecular weight is 353 g/mol. The SMILES string of the molecule is COC1(C(=O)Nc2ccc(C)c(C(F)(F)F)c2)CCNCC1.Cl. The van der Waals surface area contributed by atoms with Gasteiger partial charge in [0.1, 0.15) is 5.60 Å². The first kappa shape index (κ1) is 19.7. The smallest absolute Gasteiger partial charge is 0.368 e. The Morgan fingerprint density at radius 3 is 2.43 bits per heavy atom. The van der Waals surface area contributed by atoms with Gasteiger partial charge in [-0.25, -0.2) is 0 Å². The van der Waals surface area contributed by atoms with Gasteiger partial charge in [0.2, 0.25) is 0 Å². The molecule has 0 spiro atoms. The Bertz CT molecular complexity index is 558. The first-order chi connectivity index (χ1) is 10.3. The molecule has 0 bridgehead atoms. The molecule has 0 saturated carbocycles. The van der Waals surface area contributed by atoms with Crippen molar-refractivity contribution in [3.63, 3.8) is 0 Å². The molecule has 2 N–H and O–H groups in total. The number of halogens is 4. The predicted octanol–water partition coefficient (Wildman–Crippen LogP) is 3.14. The van der Waals surface area contributed by atoms with E-state index in [9.17, 15) is 18.0 Å². The number of alkyl halides is 3. The van der Waals surface area contributed by atoms with Crippen LogP contribution in [-0.4, -0.2) is 31.7 Å². The fourth-order valence-corrected chi connectivity index (χ4v) is 2.60. The van der Waals surface area contributed by atoms with Crippen molar-refractivity contribution in [2.24, 2.45) is 0 Å². The summed E-state index contributed by atoms with van der Waals surface area (Å²) in [6.45, 7) is 2.64. The third-order valence-corrected chi connectivity index (χ3v) is 4.02. The molecule has 1 aliphatic rings. The number of amides is 1. The summed E-state index contributed by atoms with van der Waals surface area (Å²) in [6, 6.07) is 3.77. The van der Waals surface area contributed by atoms with Crippen LogP contribution in [0.1, 0.15) is 24.0 Å². The quantitative estimate of drug-likeness (QED) is 0.878. The standard InChI is InChI=1S/C15H19F3N2O2.ClH/c1-10-3-4-11(9-12(10)15(16,17)18)20-13(21)14(22-2)5-7-19-8-6-14;/h3-4,9,19H,5-8H2,1-2H3,(H,20,21);1H. The van der Waals surface area contributed by atoms with Gasteiger partial charge in [-0.2, -0.15) is 13.2 Å². The fraction of sp³-hybridized carbons (Fsp3) is 0.533. The molecule has 1 amide bonds. The molecule has 2 rings (SSSR count). The number of ether oxygens (including phenoxy) is 1. The molecule has 1 aromatic rings. The van der Waals surface area contributed by atoms with Crippen LogP contribution in [-0.2, 0) is 15.7 Å². The Labute approximate surface area is 139 Å². The van der Waals surface area contributed by atoms with E-state index in [4.69, 9.17) is 4.74 Å². The summed E-state index contributed by atoms with van der Waals surface area (Å²) >= 11 is 0. The van der Waals surface area contributed by atoms with Gasteiger partial charge in [0.05, 0.1) is 5.56 Å². The third kappa shape index (κ3) is 4.37. The van der Waals surface area contributed by atoms with Gasteiger partial charge in [-0.1, -0.05) is 6.07 Å². The van der Waals surface area contributed by atoms with E-state index < -0.39 is 23.2 Å². The second-order valence-electron chi connectivity index (χ2n) is 5.43. The van der Waals surface area contributed by atoms with Gasteiger partial charge in [-0.15, -0.1) is 12.4 Å². The number of hydrogen-bond donors (Lipinski definition) is 2. The molecule has 1 aliphatic heterocycles. The number of carbonyl (C=O) groups excluding carboxylic acids is 1. The van der Waals surface area contributed by atoms with Crippen LogP contribution in [0.3, 0.4) is 0 Å². The van der Waals surface area contributed by atoms with Gasteiger partial charge in [0, 0.05) is 12.8 Å².